The number of hydrogen-bond donors (Lipinski definition) is 0. The zero-order valence-corrected chi connectivity index (χ0v) is 19.4. The number of aromatic nitrogens is 1. The summed E-state index contributed by atoms with van der Waals surface area (Å²) in [5.41, 5.74) is 2.60. The summed E-state index contributed by atoms with van der Waals surface area (Å²) in [5.74, 6) is 0.898. The van der Waals surface area contributed by atoms with E-state index in [1.165, 1.54) is 33.5 Å². The topological polar surface area (TPSA) is 49.7 Å². The van der Waals surface area contributed by atoms with Crippen LogP contribution in [-0.4, -0.2) is 25.9 Å². The van der Waals surface area contributed by atoms with Crippen molar-refractivity contribution in [3.05, 3.63) is 86.9 Å². The molecule has 32 heavy (non-hydrogen) atoms. The normalized spacial score (nSPS) is 10.9. The molecule has 7 heteroatoms. The third-order valence-corrected chi connectivity index (χ3v) is 6.05. The number of hydrogen-bond acceptors (Lipinski definition) is 4. The molecule has 1 heterocycles. The molecule has 0 radical (unpaired) electrons. The first-order chi connectivity index (χ1) is 15.5. The molecule has 0 saturated heterocycles. The van der Waals surface area contributed by atoms with Crippen LogP contribution in [-0.2, 0) is 6.54 Å². The lowest BCUT2D eigenvalue weighted by molar-refractivity contribution is 0.327. The molecule has 0 aliphatic heterocycles. The zero-order chi connectivity index (χ0) is 22.8. The van der Waals surface area contributed by atoms with Gasteiger partial charge in [0.05, 0.1) is 43.2 Å². The summed E-state index contributed by atoms with van der Waals surface area (Å²) in [7, 11) is 4.59. The van der Waals surface area contributed by atoms with Crippen LogP contribution in [0, 0.1) is 5.82 Å². The second kappa shape index (κ2) is 9.04. The van der Waals surface area contributed by atoms with Crippen LogP contribution in [0.5, 0.6) is 17.2 Å². The lowest BCUT2D eigenvalue weighted by Gasteiger charge is -2.21. The molecular formula is C25H21BrFNO4. The average molecular weight is 498 g/mol. The lowest BCUT2D eigenvalue weighted by Crippen LogP contribution is -2.23. The Bertz CT molecular complexity index is 1330. The number of pyridine rings is 1. The standard InChI is InChI=1S/C25H21BrFNO4/c1-30-19-13-18-21(24(32-3)23(19)31-2)20(16-9-11-17(27)12-10-16)22(26)25(29)28(18)14-15-7-5-4-6-8-15/h4-13H,14H2,1-3H3. The van der Waals surface area contributed by atoms with Crippen molar-refractivity contribution >= 4 is 26.8 Å². The molecule has 0 aliphatic rings. The predicted octanol–water partition coefficient (Wildman–Crippen LogP) is 5.64. The fourth-order valence-corrected chi connectivity index (χ4v) is 4.49. The molecule has 0 aliphatic carbocycles. The van der Waals surface area contributed by atoms with Crippen molar-refractivity contribution in [2.45, 2.75) is 6.54 Å². The minimum atomic E-state index is -0.363. The highest BCUT2D eigenvalue weighted by Gasteiger charge is 2.25. The Balaban J connectivity index is 2.17. The van der Waals surface area contributed by atoms with Gasteiger partial charge in [-0.25, -0.2) is 4.39 Å². The van der Waals surface area contributed by atoms with Crippen molar-refractivity contribution in [2.75, 3.05) is 21.3 Å². The van der Waals surface area contributed by atoms with Gasteiger partial charge in [0.15, 0.2) is 11.5 Å². The van der Waals surface area contributed by atoms with Crippen LogP contribution in [0.2, 0.25) is 0 Å². The van der Waals surface area contributed by atoms with E-state index in [-0.39, 0.29) is 11.4 Å². The Morgan fingerprint density at radius 3 is 2.16 bits per heavy atom. The fourth-order valence-electron chi connectivity index (χ4n) is 3.85. The second-order valence-corrected chi connectivity index (χ2v) is 7.91. The van der Waals surface area contributed by atoms with Crippen LogP contribution >= 0.6 is 15.9 Å². The summed E-state index contributed by atoms with van der Waals surface area (Å²) in [5, 5.41) is 0.652. The van der Waals surface area contributed by atoms with Gasteiger partial charge >= 0.3 is 0 Å². The molecule has 4 aromatic rings. The fraction of sp³-hybridized carbons (Fsp3) is 0.160. The molecule has 5 nitrogen and oxygen atoms in total. The molecule has 1 aromatic heterocycles. The molecule has 0 saturated carbocycles. The molecule has 3 aromatic carbocycles. The number of rotatable bonds is 6. The smallest absolute Gasteiger partial charge is 0.266 e. The first kappa shape index (κ1) is 21.9. The van der Waals surface area contributed by atoms with Crippen molar-refractivity contribution in [1.29, 1.82) is 0 Å². The highest BCUT2D eigenvalue weighted by atomic mass is 79.9. The van der Waals surface area contributed by atoms with Crippen LogP contribution in [0.1, 0.15) is 5.56 Å². The zero-order valence-electron chi connectivity index (χ0n) is 17.8. The van der Waals surface area contributed by atoms with Crippen molar-refractivity contribution in [1.82, 2.24) is 4.57 Å². The van der Waals surface area contributed by atoms with Crippen LogP contribution in [0.4, 0.5) is 4.39 Å². The van der Waals surface area contributed by atoms with Crippen molar-refractivity contribution in [3.8, 4) is 28.4 Å². The van der Waals surface area contributed by atoms with Crippen LogP contribution in [0.15, 0.2) is 69.9 Å². The summed E-state index contributed by atoms with van der Waals surface area (Å²) in [6.07, 6.45) is 0. The molecule has 0 atom stereocenters. The minimum Gasteiger partial charge on any atom is -0.493 e. The van der Waals surface area contributed by atoms with E-state index in [4.69, 9.17) is 14.2 Å². The summed E-state index contributed by atoms with van der Waals surface area (Å²) in [6, 6.07) is 17.4. The first-order valence-electron chi connectivity index (χ1n) is 9.85. The maximum Gasteiger partial charge on any atom is 0.266 e. The maximum atomic E-state index is 13.6. The van der Waals surface area contributed by atoms with Crippen LogP contribution in [0.25, 0.3) is 22.0 Å². The third-order valence-electron chi connectivity index (χ3n) is 5.32. The van der Waals surface area contributed by atoms with Gasteiger partial charge in [-0.3, -0.25) is 4.79 Å². The minimum absolute atomic E-state index is 0.227. The van der Waals surface area contributed by atoms with E-state index in [1.54, 1.807) is 22.8 Å². The van der Waals surface area contributed by atoms with Crippen LogP contribution < -0.4 is 19.8 Å². The number of nitrogens with zero attached hydrogens (tertiary/aromatic N) is 1. The molecule has 0 fully saturated rings. The quantitative estimate of drug-likeness (QED) is 0.345. The highest BCUT2D eigenvalue weighted by molar-refractivity contribution is 9.10. The van der Waals surface area contributed by atoms with Crippen molar-refractivity contribution in [2.24, 2.45) is 0 Å². The summed E-state index contributed by atoms with van der Waals surface area (Å²) < 4.78 is 32.5. The van der Waals surface area contributed by atoms with E-state index in [9.17, 15) is 9.18 Å². The van der Waals surface area contributed by atoms with Gasteiger partial charge in [0.2, 0.25) is 5.75 Å². The second-order valence-electron chi connectivity index (χ2n) is 7.11. The SMILES string of the molecule is COc1cc2c(c(OC)c1OC)c(-c1ccc(F)cc1)c(Br)c(=O)n2Cc1ccccc1. The summed E-state index contributed by atoms with van der Waals surface area (Å²) in [6.45, 7) is 0.344. The van der Waals surface area contributed by atoms with Gasteiger partial charge in [-0.15, -0.1) is 0 Å². The van der Waals surface area contributed by atoms with E-state index in [1.807, 2.05) is 30.3 Å². The van der Waals surface area contributed by atoms with Crippen LogP contribution in [0.3, 0.4) is 0 Å². The molecule has 0 unspecified atom stereocenters. The largest absolute Gasteiger partial charge is 0.493 e. The molecule has 164 valence electrons. The maximum absolute atomic E-state index is 13.6. The Morgan fingerprint density at radius 2 is 1.56 bits per heavy atom. The van der Waals surface area contributed by atoms with Gasteiger partial charge in [0, 0.05) is 11.6 Å². The Kier molecular flexibility index (Phi) is 6.19. The molecule has 0 spiro atoms. The molecule has 4 rings (SSSR count). The summed E-state index contributed by atoms with van der Waals surface area (Å²) in [4.78, 5) is 13.5. The lowest BCUT2D eigenvalue weighted by atomic mass is 9.99. The third kappa shape index (κ3) is 3.73. The number of halogens is 2. The molecule has 0 amide bonds. The van der Waals surface area contributed by atoms with Gasteiger partial charge in [-0.05, 0) is 39.2 Å². The van der Waals surface area contributed by atoms with Crippen molar-refractivity contribution < 1.29 is 18.6 Å². The van der Waals surface area contributed by atoms with E-state index in [0.717, 1.165) is 5.56 Å². The highest BCUT2D eigenvalue weighted by Crippen LogP contribution is 2.48. The monoisotopic (exact) mass is 497 g/mol. The van der Waals surface area contributed by atoms with Gasteiger partial charge in [-0.2, -0.15) is 0 Å². The molecular weight excluding hydrogens is 477 g/mol. The van der Waals surface area contributed by atoms with E-state index in [2.05, 4.69) is 15.9 Å². The van der Waals surface area contributed by atoms with Gasteiger partial charge < -0.3 is 18.8 Å². The Hall–Kier alpha value is -3.32. The number of ether oxygens (including phenoxy) is 3. The van der Waals surface area contributed by atoms with E-state index in [0.29, 0.717) is 50.3 Å². The van der Waals surface area contributed by atoms with Gasteiger partial charge in [0.1, 0.15) is 5.82 Å². The molecule has 0 bridgehead atoms. The number of fused-ring (bicyclic) bond motifs is 1. The van der Waals surface area contributed by atoms with Crippen molar-refractivity contribution in [3.63, 3.8) is 0 Å². The molecule has 0 N–H and O–H groups in total. The predicted molar refractivity (Wildman–Crippen MR) is 127 cm³/mol. The van der Waals surface area contributed by atoms with E-state index < -0.39 is 0 Å². The Morgan fingerprint density at radius 1 is 0.906 bits per heavy atom. The Labute approximate surface area is 193 Å². The number of methoxy groups -OCH3 is 3. The van der Waals surface area contributed by atoms with Gasteiger partial charge in [0.25, 0.3) is 5.56 Å². The van der Waals surface area contributed by atoms with E-state index >= 15 is 0 Å². The summed E-state index contributed by atoms with van der Waals surface area (Å²) >= 11 is 3.51. The first-order valence-corrected chi connectivity index (χ1v) is 10.6. The van der Waals surface area contributed by atoms with Gasteiger partial charge in [-0.1, -0.05) is 42.5 Å². The number of benzene rings is 3. The average Bonchev–Trinajstić information content (AvgIpc) is 2.82.